The number of benzene rings is 2. The van der Waals surface area contributed by atoms with Crippen molar-refractivity contribution in [3.63, 3.8) is 0 Å². The minimum atomic E-state index is -0.280. The normalized spacial score (nSPS) is 10.1. The summed E-state index contributed by atoms with van der Waals surface area (Å²) < 4.78 is 13.8. The Labute approximate surface area is 111 Å². The Hall–Kier alpha value is -1.94. The molecule has 0 unspecified atom stereocenters. The van der Waals surface area contributed by atoms with Crippen molar-refractivity contribution in [2.75, 3.05) is 11.9 Å². The number of nitrogens with zero attached hydrogens (tertiary/aromatic N) is 1. The Balaban J connectivity index is 2.50. The van der Waals surface area contributed by atoms with Gasteiger partial charge in [0.25, 0.3) is 0 Å². The maximum atomic E-state index is 13.8. The van der Waals surface area contributed by atoms with Gasteiger partial charge in [-0.25, -0.2) is 4.39 Å². The van der Waals surface area contributed by atoms with Crippen molar-refractivity contribution in [1.82, 2.24) is 0 Å². The number of nitrogens with two attached hydrogens (primary N) is 1. The molecule has 0 saturated carbocycles. The molecular formula is C14H13FN2S. The second-order valence-corrected chi connectivity index (χ2v) is 4.33. The molecule has 18 heavy (non-hydrogen) atoms. The van der Waals surface area contributed by atoms with Crippen LogP contribution in [0.25, 0.3) is 0 Å². The zero-order valence-electron chi connectivity index (χ0n) is 9.93. The molecule has 4 heteroatoms. The number of hydrogen-bond donors (Lipinski definition) is 1. The molecule has 0 aromatic heterocycles. The molecule has 0 bridgehead atoms. The standard InChI is InChI=1S/C14H13FN2S/c1-17(13-9-5-3-7-11(13)15)12-8-4-2-6-10(12)14(16)18/h2-9H,1H3,(H2,16,18). The lowest BCUT2D eigenvalue weighted by atomic mass is 10.1. The highest BCUT2D eigenvalue weighted by Crippen LogP contribution is 2.28. The molecule has 2 nitrogen and oxygen atoms in total. The monoisotopic (exact) mass is 260 g/mol. The first-order valence-electron chi connectivity index (χ1n) is 5.48. The van der Waals surface area contributed by atoms with Gasteiger partial charge in [-0.15, -0.1) is 0 Å². The molecule has 0 aliphatic rings. The molecule has 2 N–H and O–H groups in total. The van der Waals surface area contributed by atoms with Crippen LogP contribution in [0.5, 0.6) is 0 Å². The van der Waals surface area contributed by atoms with Crippen LogP contribution in [0.2, 0.25) is 0 Å². The number of halogens is 1. The Morgan fingerprint density at radius 1 is 1.06 bits per heavy atom. The van der Waals surface area contributed by atoms with E-state index in [2.05, 4.69) is 0 Å². The first-order valence-corrected chi connectivity index (χ1v) is 5.89. The van der Waals surface area contributed by atoms with Gasteiger partial charge in [0.1, 0.15) is 10.8 Å². The zero-order chi connectivity index (χ0) is 13.1. The third-order valence-electron chi connectivity index (χ3n) is 2.74. The number of anilines is 2. The van der Waals surface area contributed by atoms with E-state index in [-0.39, 0.29) is 5.82 Å². The second kappa shape index (κ2) is 5.14. The van der Waals surface area contributed by atoms with Crippen LogP contribution < -0.4 is 10.6 Å². The van der Waals surface area contributed by atoms with Crippen LogP contribution in [0.15, 0.2) is 48.5 Å². The largest absolute Gasteiger partial charge is 0.389 e. The molecule has 0 fully saturated rings. The minimum Gasteiger partial charge on any atom is -0.389 e. The molecule has 0 aliphatic carbocycles. The predicted molar refractivity (Wildman–Crippen MR) is 76.8 cm³/mol. The topological polar surface area (TPSA) is 29.3 Å². The van der Waals surface area contributed by atoms with Crippen LogP contribution in [0.1, 0.15) is 5.56 Å². The summed E-state index contributed by atoms with van der Waals surface area (Å²) in [6, 6.07) is 14.0. The Morgan fingerprint density at radius 3 is 2.22 bits per heavy atom. The first-order chi connectivity index (χ1) is 8.61. The van der Waals surface area contributed by atoms with Crippen LogP contribution in [0.4, 0.5) is 15.8 Å². The maximum Gasteiger partial charge on any atom is 0.146 e. The van der Waals surface area contributed by atoms with E-state index in [9.17, 15) is 4.39 Å². The Bertz CT molecular complexity index is 584. The Kier molecular flexibility index (Phi) is 3.58. The van der Waals surface area contributed by atoms with Crippen molar-refractivity contribution >= 4 is 28.6 Å². The van der Waals surface area contributed by atoms with Gasteiger partial charge >= 0.3 is 0 Å². The summed E-state index contributed by atoms with van der Waals surface area (Å²) in [5, 5.41) is 0. The average Bonchev–Trinajstić information content (AvgIpc) is 2.38. The lowest BCUT2D eigenvalue weighted by Gasteiger charge is -2.22. The summed E-state index contributed by atoms with van der Waals surface area (Å²) in [7, 11) is 1.79. The third kappa shape index (κ3) is 2.33. The number of thiocarbonyl (C=S) groups is 1. The van der Waals surface area contributed by atoms with Gasteiger partial charge in [0, 0.05) is 12.6 Å². The molecule has 0 radical (unpaired) electrons. The number of para-hydroxylation sites is 2. The van der Waals surface area contributed by atoms with Gasteiger partial charge in [0.15, 0.2) is 0 Å². The highest BCUT2D eigenvalue weighted by molar-refractivity contribution is 7.80. The molecule has 2 rings (SSSR count). The summed E-state index contributed by atoms with van der Waals surface area (Å²) >= 11 is 5.01. The quantitative estimate of drug-likeness (QED) is 0.859. The smallest absolute Gasteiger partial charge is 0.146 e. The van der Waals surface area contributed by atoms with Gasteiger partial charge in [0.2, 0.25) is 0 Å². The van der Waals surface area contributed by atoms with E-state index < -0.39 is 0 Å². The number of rotatable bonds is 3. The van der Waals surface area contributed by atoms with Gasteiger partial charge in [-0.1, -0.05) is 36.5 Å². The Morgan fingerprint density at radius 2 is 1.61 bits per heavy atom. The van der Waals surface area contributed by atoms with E-state index in [4.69, 9.17) is 18.0 Å². The summed E-state index contributed by atoms with van der Waals surface area (Å²) in [5.74, 6) is -0.280. The summed E-state index contributed by atoms with van der Waals surface area (Å²) in [4.78, 5) is 2.04. The summed E-state index contributed by atoms with van der Waals surface area (Å²) in [6.07, 6.45) is 0. The zero-order valence-corrected chi connectivity index (χ0v) is 10.7. The summed E-state index contributed by atoms with van der Waals surface area (Å²) in [6.45, 7) is 0. The molecule has 0 aliphatic heterocycles. The van der Waals surface area contributed by atoms with Crippen molar-refractivity contribution in [3.05, 3.63) is 59.9 Å². The first kappa shape index (κ1) is 12.5. The molecule has 0 amide bonds. The molecule has 0 saturated heterocycles. The fourth-order valence-electron chi connectivity index (χ4n) is 1.83. The van der Waals surface area contributed by atoms with Crippen LogP contribution >= 0.6 is 12.2 Å². The van der Waals surface area contributed by atoms with Gasteiger partial charge in [-0.05, 0) is 24.3 Å². The van der Waals surface area contributed by atoms with E-state index in [0.717, 1.165) is 11.3 Å². The van der Waals surface area contributed by atoms with Crippen LogP contribution in [-0.2, 0) is 0 Å². The fraction of sp³-hybridized carbons (Fsp3) is 0.0714. The van der Waals surface area contributed by atoms with Crippen molar-refractivity contribution in [2.24, 2.45) is 5.73 Å². The molecule has 0 spiro atoms. The van der Waals surface area contributed by atoms with Crippen molar-refractivity contribution in [2.45, 2.75) is 0 Å². The van der Waals surface area contributed by atoms with Crippen LogP contribution in [-0.4, -0.2) is 12.0 Å². The number of hydrogen-bond acceptors (Lipinski definition) is 2. The van der Waals surface area contributed by atoms with Crippen molar-refractivity contribution in [3.8, 4) is 0 Å². The molecular weight excluding hydrogens is 247 g/mol. The van der Waals surface area contributed by atoms with Crippen molar-refractivity contribution in [1.29, 1.82) is 0 Å². The minimum absolute atomic E-state index is 0.280. The maximum absolute atomic E-state index is 13.8. The fourth-order valence-corrected chi connectivity index (χ4v) is 2.00. The molecule has 0 atom stereocenters. The van der Waals surface area contributed by atoms with Gasteiger partial charge in [-0.2, -0.15) is 0 Å². The van der Waals surface area contributed by atoms with Crippen molar-refractivity contribution < 1.29 is 4.39 Å². The van der Waals surface area contributed by atoms with E-state index >= 15 is 0 Å². The van der Waals surface area contributed by atoms with Gasteiger partial charge < -0.3 is 10.6 Å². The second-order valence-electron chi connectivity index (χ2n) is 3.89. The van der Waals surface area contributed by atoms with E-state index in [0.29, 0.717) is 10.7 Å². The average molecular weight is 260 g/mol. The SMILES string of the molecule is CN(c1ccccc1F)c1ccccc1C(N)=S. The molecule has 2 aromatic carbocycles. The molecule has 0 heterocycles. The lowest BCUT2D eigenvalue weighted by Crippen LogP contribution is -2.18. The van der Waals surface area contributed by atoms with E-state index in [1.165, 1.54) is 6.07 Å². The van der Waals surface area contributed by atoms with Gasteiger partial charge in [0.05, 0.1) is 11.4 Å². The van der Waals surface area contributed by atoms with Crippen LogP contribution in [0.3, 0.4) is 0 Å². The van der Waals surface area contributed by atoms with E-state index in [1.54, 1.807) is 30.1 Å². The predicted octanol–water partition coefficient (Wildman–Crippen LogP) is 3.23. The highest BCUT2D eigenvalue weighted by Gasteiger charge is 2.13. The highest BCUT2D eigenvalue weighted by atomic mass is 32.1. The summed E-state index contributed by atoms with van der Waals surface area (Å²) in [5.41, 5.74) is 7.69. The molecule has 92 valence electrons. The van der Waals surface area contributed by atoms with Crippen LogP contribution in [0, 0.1) is 5.82 Å². The van der Waals surface area contributed by atoms with E-state index in [1.807, 2.05) is 24.3 Å². The molecule has 2 aromatic rings. The lowest BCUT2D eigenvalue weighted by molar-refractivity contribution is 0.627. The van der Waals surface area contributed by atoms with Gasteiger partial charge in [-0.3, -0.25) is 0 Å². The third-order valence-corrected chi connectivity index (χ3v) is 2.96.